The van der Waals surface area contributed by atoms with Gasteiger partial charge >= 0.3 is 0 Å². The van der Waals surface area contributed by atoms with Crippen LogP contribution in [0.15, 0.2) is 45.9 Å². The topological polar surface area (TPSA) is 128 Å². The van der Waals surface area contributed by atoms with Crippen molar-refractivity contribution in [1.29, 1.82) is 0 Å². The highest BCUT2D eigenvalue weighted by atomic mass is 79.9. The fourth-order valence-corrected chi connectivity index (χ4v) is 2.89. The number of rotatable bonds is 4. The van der Waals surface area contributed by atoms with Gasteiger partial charge in [0.05, 0.1) is 10.6 Å². The molecule has 2 aromatic rings. The average molecular weight is 373 g/mol. The van der Waals surface area contributed by atoms with Gasteiger partial charge in [0.2, 0.25) is 0 Å². The van der Waals surface area contributed by atoms with Crippen molar-refractivity contribution in [2.24, 2.45) is 0 Å². The summed E-state index contributed by atoms with van der Waals surface area (Å²) in [6.07, 6.45) is 1.41. The van der Waals surface area contributed by atoms with Gasteiger partial charge in [-0.25, -0.2) is 13.4 Å². The van der Waals surface area contributed by atoms with Crippen LogP contribution in [-0.4, -0.2) is 18.3 Å². The summed E-state index contributed by atoms with van der Waals surface area (Å²) in [5.74, 6) is 0.0732. The molecular formula is C11H9BrN4O4S. The SMILES string of the molecule is Nc1ccc([N+](=O)[O-])cc1S(=O)(=O)Nc1ccc(Br)cn1. The van der Waals surface area contributed by atoms with E-state index in [9.17, 15) is 18.5 Å². The highest BCUT2D eigenvalue weighted by Gasteiger charge is 2.21. The summed E-state index contributed by atoms with van der Waals surface area (Å²) in [4.78, 5) is 13.5. The average Bonchev–Trinajstić information content (AvgIpc) is 2.41. The fraction of sp³-hybridized carbons (Fsp3) is 0. The Balaban J connectivity index is 2.41. The first-order valence-corrected chi connectivity index (χ1v) is 7.75. The molecule has 2 rings (SSSR count). The van der Waals surface area contributed by atoms with Gasteiger partial charge in [-0.15, -0.1) is 0 Å². The molecule has 0 radical (unpaired) electrons. The molecule has 0 spiro atoms. The summed E-state index contributed by atoms with van der Waals surface area (Å²) < 4.78 is 27.3. The predicted octanol–water partition coefficient (Wildman–Crippen LogP) is 2.14. The molecule has 0 aliphatic carbocycles. The first kappa shape index (κ1) is 15.2. The summed E-state index contributed by atoms with van der Waals surface area (Å²) in [6.45, 7) is 0. The molecule has 0 fully saturated rings. The molecule has 0 amide bonds. The number of nitrogens with one attached hydrogen (secondary N) is 1. The van der Waals surface area contributed by atoms with Gasteiger partial charge in [0, 0.05) is 22.8 Å². The van der Waals surface area contributed by atoms with Crippen molar-refractivity contribution in [3.8, 4) is 0 Å². The van der Waals surface area contributed by atoms with Crippen LogP contribution in [0.5, 0.6) is 0 Å². The Morgan fingerprint density at radius 1 is 1.29 bits per heavy atom. The van der Waals surface area contributed by atoms with E-state index >= 15 is 0 Å². The van der Waals surface area contributed by atoms with Gasteiger partial charge in [0.25, 0.3) is 15.7 Å². The molecule has 8 nitrogen and oxygen atoms in total. The maximum atomic E-state index is 12.2. The van der Waals surface area contributed by atoms with Crippen LogP contribution in [0.1, 0.15) is 0 Å². The van der Waals surface area contributed by atoms with Gasteiger partial charge in [-0.1, -0.05) is 0 Å². The molecule has 0 aliphatic rings. The zero-order valence-electron chi connectivity index (χ0n) is 10.4. The lowest BCUT2D eigenvalue weighted by Gasteiger charge is -2.09. The number of anilines is 2. The maximum absolute atomic E-state index is 12.2. The highest BCUT2D eigenvalue weighted by Crippen LogP contribution is 2.25. The maximum Gasteiger partial charge on any atom is 0.270 e. The lowest BCUT2D eigenvalue weighted by molar-refractivity contribution is -0.385. The molecular weight excluding hydrogens is 364 g/mol. The van der Waals surface area contributed by atoms with Crippen molar-refractivity contribution in [2.45, 2.75) is 4.90 Å². The lowest BCUT2D eigenvalue weighted by atomic mass is 10.3. The van der Waals surface area contributed by atoms with Crippen LogP contribution in [0, 0.1) is 10.1 Å². The van der Waals surface area contributed by atoms with Crippen LogP contribution in [-0.2, 0) is 10.0 Å². The monoisotopic (exact) mass is 372 g/mol. The molecule has 110 valence electrons. The Morgan fingerprint density at radius 2 is 2.00 bits per heavy atom. The molecule has 0 bridgehead atoms. The number of pyridine rings is 1. The van der Waals surface area contributed by atoms with Crippen molar-refractivity contribution < 1.29 is 13.3 Å². The molecule has 3 N–H and O–H groups in total. The van der Waals surface area contributed by atoms with Crippen molar-refractivity contribution in [2.75, 3.05) is 10.5 Å². The third-order valence-electron chi connectivity index (χ3n) is 2.46. The second-order valence-corrected chi connectivity index (χ2v) is 6.51. The largest absolute Gasteiger partial charge is 0.398 e. The van der Waals surface area contributed by atoms with Crippen LogP contribution in [0.4, 0.5) is 17.2 Å². The zero-order valence-corrected chi connectivity index (χ0v) is 12.8. The van der Waals surface area contributed by atoms with Gasteiger partial charge < -0.3 is 5.73 Å². The van der Waals surface area contributed by atoms with Crippen LogP contribution in [0.2, 0.25) is 0 Å². The van der Waals surface area contributed by atoms with E-state index in [2.05, 4.69) is 25.6 Å². The number of aromatic nitrogens is 1. The summed E-state index contributed by atoms with van der Waals surface area (Å²) in [5.41, 5.74) is 5.12. The molecule has 21 heavy (non-hydrogen) atoms. The van der Waals surface area contributed by atoms with Gasteiger partial charge in [0.1, 0.15) is 10.7 Å². The number of nitrogens with zero attached hydrogens (tertiary/aromatic N) is 2. The van der Waals surface area contributed by atoms with Gasteiger partial charge in [0.15, 0.2) is 0 Å². The minimum absolute atomic E-state index is 0.0732. The molecule has 0 unspecified atom stereocenters. The number of nitro groups is 1. The van der Waals surface area contributed by atoms with E-state index < -0.39 is 14.9 Å². The number of nitrogen functional groups attached to an aromatic ring is 1. The van der Waals surface area contributed by atoms with E-state index in [1.54, 1.807) is 6.07 Å². The van der Waals surface area contributed by atoms with Crippen LogP contribution < -0.4 is 10.5 Å². The number of benzene rings is 1. The van der Waals surface area contributed by atoms with Gasteiger partial charge in [-0.3, -0.25) is 14.8 Å². The van der Waals surface area contributed by atoms with Crippen LogP contribution >= 0.6 is 15.9 Å². The van der Waals surface area contributed by atoms with Crippen molar-refractivity contribution in [1.82, 2.24) is 4.98 Å². The van der Waals surface area contributed by atoms with E-state index in [4.69, 9.17) is 5.73 Å². The summed E-state index contributed by atoms with van der Waals surface area (Å²) >= 11 is 3.17. The van der Waals surface area contributed by atoms with E-state index in [0.29, 0.717) is 4.47 Å². The fourth-order valence-electron chi connectivity index (χ4n) is 1.50. The Bertz CT molecular complexity index is 792. The number of hydrogen-bond donors (Lipinski definition) is 2. The van der Waals surface area contributed by atoms with Crippen molar-refractivity contribution in [3.63, 3.8) is 0 Å². The second-order valence-electron chi connectivity index (χ2n) is 3.95. The number of nitrogens with two attached hydrogens (primary N) is 1. The van der Waals surface area contributed by atoms with Gasteiger partial charge in [-0.2, -0.15) is 0 Å². The summed E-state index contributed by atoms with van der Waals surface area (Å²) in [7, 11) is -4.07. The number of sulfonamides is 1. The van der Waals surface area contributed by atoms with Crippen molar-refractivity contribution in [3.05, 3.63) is 51.1 Å². The van der Waals surface area contributed by atoms with E-state index in [-0.39, 0.29) is 22.1 Å². The molecule has 0 saturated heterocycles. The Hall–Kier alpha value is -2.20. The Morgan fingerprint density at radius 3 is 2.57 bits per heavy atom. The third kappa shape index (κ3) is 3.47. The summed E-state index contributed by atoms with van der Waals surface area (Å²) in [6, 6.07) is 6.24. The summed E-state index contributed by atoms with van der Waals surface area (Å²) in [5, 5.41) is 10.7. The first-order chi connectivity index (χ1) is 9.79. The Labute approximate surface area is 128 Å². The van der Waals surface area contributed by atoms with Crippen LogP contribution in [0.3, 0.4) is 0 Å². The number of non-ortho nitro benzene ring substituents is 1. The minimum Gasteiger partial charge on any atom is -0.398 e. The number of nitro benzene ring substituents is 1. The standard InChI is InChI=1S/C11H9BrN4O4S/c12-7-1-4-11(14-6-7)15-21(19,20)10-5-8(16(17)18)2-3-9(10)13/h1-6H,13H2,(H,14,15). The third-order valence-corrected chi connectivity index (χ3v) is 4.34. The van der Waals surface area contributed by atoms with E-state index in [0.717, 1.165) is 12.1 Å². The molecule has 10 heteroatoms. The minimum atomic E-state index is -4.07. The second kappa shape index (κ2) is 5.66. The molecule has 1 aromatic carbocycles. The smallest absolute Gasteiger partial charge is 0.270 e. The van der Waals surface area contributed by atoms with Crippen molar-refractivity contribution >= 4 is 43.1 Å². The molecule has 1 heterocycles. The number of halogens is 1. The molecule has 0 saturated carbocycles. The molecule has 1 aromatic heterocycles. The Kier molecular flexibility index (Phi) is 4.09. The van der Waals surface area contributed by atoms with E-state index in [1.165, 1.54) is 18.3 Å². The van der Waals surface area contributed by atoms with Crippen LogP contribution in [0.25, 0.3) is 0 Å². The lowest BCUT2D eigenvalue weighted by Crippen LogP contribution is -2.15. The highest BCUT2D eigenvalue weighted by molar-refractivity contribution is 9.10. The normalized spacial score (nSPS) is 11.1. The first-order valence-electron chi connectivity index (χ1n) is 5.48. The van der Waals surface area contributed by atoms with Gasteiger partial charge in [-0.05, 0) is 34.1 Å². The quantitative estimate of drug-likeness (QED) is 0.480. The van der Waals surface area contributed by atoms with E-state index in [1.807, 2.05) is 0 Å². The zero-order chi connectivity index (χ0) is 15.6. The predicted molar refractivity (Wildman–Crippen MR) is 80.3 cm³/mol. The molecule has 0 aliphatic heterocycles. The number of hydrogen-bond acceptors (Lipinski definition) is 6. The molecule has 0 atom stereocenters.